The van der Waals surface area contributed by atoms with Crippen molar-refractivity contribution in [2.75, 3.05) is 12.0 Å². The average molecular weight is 317 g/mol. The molecule has 0 spiro atoms. The first-order chi connectivity index (χ1) is 9.35. The van der Waals surface area contributed by atoms with Crippen LogP contribution in [0.4, 0.5) is 0 Å². The lowest BCUT2D eigenvalue weighted by Crippen LogP contribution is -2.16. The second-order valence-electron chi connectivity index (χ2n) is 4.34. The highest BCUT2D eigenvalue weighted by Gasteiger charge is 2.18. The molecule has 2 heterocycles. The van der Waals surface area contributed by atoms with E-state index in [9.17, 15) is 8.42 Å². The smallest absolute Gasteiger partial charge is 0.243 e. The van der Waals surface area contributed by atoms with Crippen molar-refractivity contribution in [1.29, 1.82) is 0 Å². The van der Waals surface area contributed by atoms with E-state index in [1.165, 1.54) is 6.20 Å². The number of sulfone groups is 1. The molecule has 0 amide bonds. The molecule has 1 unspecified atom stereocenters. The van der Waals surface area contributed by atoms with E-state index in [2.05, 4.69) is 15.1 Å². The van der Waals surface area contributed by atoms with Crippen molar-refractivity contribution in [3.8, 4) is 11.5 Å². The summed E-state index contributed by atoms with van der Waals surface area (Å²) < 4.78 is 27.2. The summed E-state index contributed by atoms with van der Waals surface area (Å²) in [7, 11) is -3.07. The van der Waals surface area contributed by atoms with Crippen LogP contribution in [-0.2, 0) is 9.84 Å². The Morgan fingerprint density at radius 1 is 1.45 bits per heavy atom. The number of hydrogen-bond acceptors (Lipinski definition) is 7. The van der Waals surface area contributed by atoms with Gasteiger partial charge in [0.1, 0.15) is 15.5 Å². The van der Waals surface area contributed by atoms with Crippen molar-refractivity contribution in [2.45, 2.75) is 12.5 Å². The lowest BCUT2D eigenvalue weighted by Gasteiger charge is -2.04. The summed E-state index contributed by atoms with van der Waals surface area (Å²) in [5.41, 5.74) is 6.32. The van der Waals surface area contributed by atoms with Gasteiger partial charge < -0.3 is 10.3 Å². The third kappa shape index (κ3) is 3.99. The Balaban J connectivity index is 2.10. The molecule has 7 nitrogen and oxygen atoms in total. The Bertz CT molecular complexity index is 684. The molecular formula is C11H13ClN4O3S. The van der Waals surface area contributed by atoms with Crippen molar-refractivity contribution in [2.24, 2.45) is 5.73 Å². The monoisotopic (exact) mass is 316 g/mol. The predicted octanol–water partition coefficient (Wildman–Crippen LogP) is 1.22. The zero-order chi connectivity index (χ0) is 14.8. The highest BCUT2D eigenvalue weighted by atomic mass is 35.5. The molecule has 108 valence electrons. The molecule has 1 atom stereocenters. The van der Waals surface area contributed by atoms with Crippen LogP contribution in [-0.4, -0.2) is 35.6 Å². The Kier molecular flexibility index (Phi) is 4.36. The standard InChI is InChI=1S/C11H13ClN4O3S/c1-20(17,18)5-4-8(13)11-15-10(16-19-11)9-3-2-7(12)6-14-9/h2-3,6,8H,4-5,13H2,1H3. The summed E-state index contributed by atoms with van der Waals surface area (Å²) in [6, 6.07) is 2.68. The SMILES string of the molecule is CS(=O)(=O)CCC(N)c1nc(-c2ccc(Cl)cn2)no1. The first-order valence-electron chi connectivity index (χ1n) is 5.74. The maximum Gasteiger partial charge on any atom is 0.243 e. The van der Waals surface area contributed by atoms with Gasteiger partial charge in [0.25, 0.3) is 0 Å². The second kappa shape index (κ2) is 5.86. The molecule has 0 aliphatic rings. The van der Waals surface area contributed by atoms with Crippen LogP contribution in [0.1, 0.15) is 18.4 Å². The van der Waals surface area contributed by atoms with E-state index in [4.69, 9.17) is 21.9 Å². The Labute approximate surface area is 121 Å². The zero-order valence-corrected chi connectivity index (χ0v) is 12.2. The normalized spacial score (nSPS) is 13.3. The van der Waals surface area contributed by atoms with Crippen LogP contribution < -0.4 is 5.73 Å². The minimum Gasteiger partial charge on any atom is -0.337 e. The van der Waals surface area contributed by atoms with Crippen LogP contribution in [0.2, 0.25) is 5.02 Å². The van der Waals surface area contributed by atoms with Crippen molar-refractivity contribution in [3.05, 3.63) is 29.2 Å². The summed E-state index contributed by atoms with van der Waals surface area (Å²) in [4.78, 5) is 8.16. The summed E-state index contributed by atoms with van der Waals surface area (Å²) in [6.07, 6.45) is 2.83. The van der Waals surface area contributed by atoms with E-state index in [0.717, 1.165) is 6.26 Å². The van der Waals surface area contributed by atoms with Gasteiger partial charge in [-0.1, -0.05) is 16.8 Å². The zero-order valence-electron chi connectivity index (χ0n) is 10.7. The molecule has 0 aliphatic heterocycles. The number of nitrogens with zero attached hydrogens (tertiary/aromatic N) is 3. The molecule has 0 saturated carbocycles. The van der Waals surface area contributed by atoms with Gasteiger partial charge in [0.2, 0.25) is 11.7 Å². The summed E-state index contributed by atoms with van der Waals surface area (Å²) in [5, 5.41) is 4.26. The molecule has 0 fully saturated rings. The van der Waals surface area contributed by atoms with Crippen LogP contribution in [0, 0.1) is 0 Å². The maximum atomic E-state index is 11.1. The van der Waals surface area contributed by atoms with E-state index >= 15 is 0 Å². The summed E-state index contributed by atoms with van der Waals surface area (Å²) in [6.45, 7) is 0. The van der Waals surface area contributed by atoms with Crippen molar-refractivity contribution < 1.29 is 12.9 Å². The number of halogens is 1. The second-order valence-corrected chi connectivity index (χ2v) is 7.04. The van der Waals surface area contributed by atoms with E-state index in [-0.39, 0.29) is 23.9 Å². The third-order valence-corrected chi connectivity index (χ3v) is 3.72. The van der Waals surface area contributed by atoms with Crippen LogP contribution in [0.3, 0.4) is 0 Å². The van der Waals surface area contributed by atoms with E-state index in [1.54, 1.807) is 12.1 Å². The number of rotatable bonds is 5. The quantitative estimate of drug-likeness (QED) is 0.882. The molecule has 0 radical (unpaired) electrons. The molecule has 2 aromatic rings. The Hall–Kier alpha value is -1.51. The summed E-state index contributed by atoms with van der Waals surface area (Å²) in [5.74, 6) is 0.428. The molecule has 20 heavy (non-hydrogen) atoms. The minimum absolute atomic E-state index is 0.0366. The number of nitrogens with two attached hydrogens (primary N) is 1. The van der Waals surface area contributed by atoms with Crippen LogP contribution in [0.25, 0.3) is 11.5 Å². The maximum absolute atomic E-state index is 11.1. The van der Waals surface area contributed by atoms with Crippen molar-refractivity contribution >= 4 is 21.4 Å². The number of aromatic nitrogens is 3. The van der Waals surface area contributed by atoms with Gasteiger partial charge in [-0.25, -0.2) is 8.42 Å². The molecule has 2 rings (SSSR count). The van der Waals surface area contributed by atoms with E-state index < -0.39 is 15.9 Å². The van der Waals surface area contributed by atoms with Crippen LogP contribution in [0.15, 0.2) is 22.9 Å². The van der Waals surface area contributed by atoms with Gasteiger partial charge in [-0.2, -0.15) is 4.98 Å². The Morgan fingerprint density at radius 2 is 2.20 bits per heavy atom. The first kappa shape index (κ1) is 14.9. The van der Waals surface area contributed by atoms with Gasteiger partial charge in [-0.05, 0) is 18.6 Å². The topological polar surface area (TPSA) is 112 Å². The molecule has 0 saturated heterocycles. The molecule has 0 aliphatic carbocycles. The van der Waals surface area contributed by atoms with Gasteiger partial charge in [0.15, 0.2) is 0 Å². The molecule has 0 aromatic carbocycles. The van der Waals surface area contributed by atoms with E-state index in [1.807, 2.05) is 0 Å². The highest BCUT2D eigenvalue weighted by Crippen LogP contribution is 2.19. The van der Waals surface area contributed by atoms with Crippen molar-refractivity contribution in [1.82, 2.24) is 15.1 Å². The lowest BCUT2D eigenvalue weighted by atomic mass is 10.2. The molecule has 0 bridgehead atoms. The van der Waals surface area contributed by atoms with Gasteiger partial charge >= 0.3 is 0 Å². The molecule has 2 N–H and O–H groups in total. The van der Waals surface area contributed by atoms with Gasteiger partial charge in [0, 0.05) is 12.5 Å². The third-order valence-electron chi connectivity index (χ3n) is 2.52. The average Bonchev–Trinajstić information content (AvgIpc) is 2.85. The molecule has 9 heteroatoms. The summed E-state index contributed by atoms with van der Waals surface area (Å²) >= 11 is 5.74. The fourth-order valence-electron chi connectivity index (χ4n) is 1.46. The van der Waals surface area contributed by atoms with Gasteiger partial charge in [-0.3, -0.25) is 4.98 Å². The number of hydrogen-bond donors (Lipinski definition) is 1. The molecule has 2 aromatic heterocycles. The highest BCUT2D eigenvalue weighted by molar-refractivity contribution is 7.90. The van der Waals surface area contributed by atoms with Gasteiger partial charge in [0.05, 0.1) is 16.8 Å². The van der Waals surface area contributed by atoms with Gasteiger partial charge in [-0.15, -0.1) is 0 Å². The van der Waals surface area contributed by atoms with Crippen LogP contribution in [0.5, 0.6) is 0 Å². The largest absolute Gasteiger partial charge is 0.337 e. The Morgan fingerprint density at radius 3 is 2.80 bits per heavy atom. The van der Waals surface area contributed by atoms with E-state index in [0.29, 0.717) is 10.7 Å². The fraction of sp³-hybridized carbons (Fsp3) is 0.364. The minimum atomic E-state index is -3.07. The first-order valence-corrected chi connectivity index (χ1v) is 8.18. The van der Waals surface area contributed by atoms with Crippen LogP contribution >= 0.6 is 11.6 Å². The fourth-order valence-corrected chi connectivity index (χ4v) is 2.26. The predicted molar refractivity (Wildman–Crippen MR) is 73.8 cm³/mol. The number of pyridine rings is 1. The van der Waals surface area contributed by atoms with Crippen molar-refractivity contribution in [3.63, 3.8) is 0 Å². The molecular weight excluding hydrogens is 304 g/mol. The lowest BCUT2D eigenvalue weighted by molar-refractivity contribution is 0.352.